The van der Waals surface area contributed by atoms with Crippen LogP contribution < -0.4 is 4.74 Å². The van der Waals surface area contributed by atoms with Gasteiger partial charge in [0, 0.05) is 18.7 Å². The number of piperidine rings is 1. The molecular weight excluding hydrogens is 310 g/mol. The van der Waals surface area contributed by atoms with Gasteiger partial charge < -0.3 is 19.5 Å². The highest BCUT2D eigenvalue weighted by atomic mass is 16.6. The maximum absolute atomic E-state index is 12.2. The van der Waals surface area contributed by atoms with Crippen molar-refractivity contribution in [2.45, 2.75) is 50.7 Å². The van der Waals surface area contributed by atoms with E-state index in [1.807, 2.05) is 39.0 Å². The average Bonchev–Trinajstić information content (AvgIpc) is 2.81. The molecule has 2 aliphatic heterocycles. The normalized spacial score (nSPS) is 22.0. The number of aliphatic carboxylic acids is 1. The van der Waals surface area contributed by atoms with Crippen LogP contribution in [0.25, 0.3) is 0 Å². The Hall–Kier alpha value is -2.24. The van der Waals surface area contributed by atoms with E-state index in [-0.39, 0.29) is 6.09 Å². The van der Waals surface area contributed by atoms with E-state index in [1.54, 1.807) is 11.0 Å². The highest BCUT2D eigenvalue weighted by Crippen LogP contribution is 2.49. The largest absolute Gasteiger partial charge is 0.478 e. The van der Waals surface area contributed by atoms with Crippen molar-refractivity contribution >= 4 is 12.1 Å². The predicted octanol–water partition coefficient (Wildman–Crippen LogP) is 2.80. The third-order valence-corrected chi connectivity index (χ3v) is 4.70. The van der Waals surface area contributed by atoms with Crippen LogP contribution >= 0.6 is 0 Å². The van der Waals surface area contributed by atoms with Gasteiger partial charge in [-0.2, -0.15) is 0 Å². The number of likely N-dealkylation sites (tertiary alicyclic amines) is 1. The van der Waals surface area contributed by atoms with Gasteiger partial charge in [0.1, 0.15) is 11.4 Å². The molecule has 1 atom stereocenters. The topological polar surface area (TPSA) is 76.1 Å². The van der Waals surface area contributed by atoms with Gasteiger partial charge in [0.15, 0.2) is 0 Å². The second kappa shape index (κ2) is 5.69. The van der Waals surface area contributed by atoms with Crippen LogP contribution in [0, 0.1) is 0 Å². The first-order valence-corrected chi connectivity index (χ1v) is 8.20. The van der Waals surface area contributed by atoms with E-state index < -0.39 is 23.1 Å². The number of benzene rings is 1. The lowest BCUT2D eigenvalue weighted by atomic mass is 9.70. The molecule has 2 heterocycles. The van der Waals surface area contributed by atoms with Crippen LogP contribution in [0.5, 0.6) is 5.75 Å². The highest BCUT2D eigenvalue weighted by molar-refractivity contribution is 5.78. The van der Waals surface area contributed by atoms with Crippen molar-refractivity contribution in [3.63, 3.8) is 0 Å². The SMILES string of the molecule is CC(C)(C)OC(=O)N1CCC2(CC1)c1ccccc1O[C@H]2C(=O)O. The fourth-order valence-electron chi connectivity index (χ4n) is 3.59. The van der Waals surface area contributed by atoms with Gasteiger partial charge >= 0.3 is 12.1 Å². The average molecular weight is 333 g/mol. The minimum atomic E-state index is -0.961. The Kier molecular flexibility index (Phi) is 3.94. The van der Waals surface area contributed by atoms with Gasteiger partial charge in [0.05, 0.1) is 5.41 Å². The van der Waals surface area contributed by atoms with Crippen molar-refractivity contribution in [1.82, 2.24) is 4.90 Å². The van der Waals surface area contributed by atoms with E-state index in [0.717, 1.165) is 5.56 Å². The zero-order chi connectivity index (χ0) is 17.5. The number of hydrogen-bond acceptors (Lipinski definition) is 4. The zero-order valence-corrected chi connectivity index (χ0v) is 14.2. The Balaban J connectivity index is 1.80. The van der Waals surface area contributed by atoms with Gasteiger partial charge in [-0.1, -0.05) is 18.2 Å². The minimum absolute atomic E-state index is 0.351. The van der Waals surface area contributed by atoms with Crippen LogP contribution in [0.4, 0.5) is 4.79 Å². The molecule has 24 heavy (non-hydrogen) atoms. The first-order chi connectivity index (χ1) is 11.2. The number of carbonyl (C=O) groups is 2. The Labute approximate surface area is 141 Å². The molecule has 0 aliphatic carbocycles. The lowest BCUT2D eigenvalue weighted by Crippen LogP contribution is -2.53. The van der Waals surface area contributed by atoms with Crippen LogP contribution in [0.3, 0.4) is 0 Å². The zero-order valence-electron chi connectivity index (χ0n) is 14.2. The molecule has 2 aliphatic rings. The molecule has 1 aromatic carbocycles. The molecule has 0 bridgehead atoms. The molecule has 0 radical (unpaired) electrons. The van der Waals surface area contributed by atoms with Crippen molar-refractivity contribution in [3.05, 3.63) is 29.8 Å². The number of hydrogen-bond donors (Lipinski definition) is 1. The first kappa shape index (κ1) is 16.6. The molecule has 0 aromatic heterocycles. The maximum atomic E-state index is 12.2. The molecule has 1 fully saturated rings. The molecule has 130 valence electrons. The summed E-state index contributed by atoms with van der Waals surface area (Å²) in [7, 11) is 0. The molecular formula is C18H23NO5. The van der Waals surface area contributed by atoms with Crippen LogP contribution in [0.15, 0.2) is 24.3 Å². The Morgan fingerprint density at radius 2 is 1.88 bits per heavy atom. The Bertz CT molecular complexity index is 656. The summed E-state index contributed by atoms with van der Waals surface area (Å²) in [4.78, 5) is 25.6. The number of para-hydroxylation sites is 1. The van der Waals surface area contributed by atoms with Crippen molar-refractivity contribution in [2.75, 3.05) is 13.1 Å². The van der Waals surface area contributed by atoms with E-state index in [9.17, 15) is 14.7 Å². The molecule has 3 rings (SSSR count). The highest BCUT2D eigenvalue weighted by Gasteiger charge is 2.54. The Morgan fingerprint density at radius 1 is 1.25 bits per heavy atom. The molecule has 1 aromatic rings. The Morgan fingerprint density at radius 3 is 2.46 bits per heavy atom. The van der Waals surface area contributed by atoms with Crippen LogP contribution in [0.1, 0.15) is 39.2 Å². The summed E-state index contributed by atoms with van der Waals surface area (Å²) >= 11 is 0. The number of fused-ring (bicyclic) bond motifs is 2. The molecule has 1 spiro atoms. The lowest BCUT2D eigenvalue weighted by Gasteiger charge is -2.40. The summed E-state index contributed by atoms with van der Waals surface area (Å²) in [5, 5.41) is 9.60. The summed E-state index contributed by atoms with van der Waals surface area (Å²) in [6.45, 7) is 6.40. The second-order valence-electron chi connectivity index (χ2n) is 7.46. The number of amides is 1. The molecule has 0 saturated carbocycles. The lowest BCUT2D eigenvalue weighted by molar-refractivity contribution is -0.148. The molecule has 0 unspecified atom stereocenters. The minimum Gasteiger partial charge on any atom is -0.478 e. The maximum Gasteiger partial charge on any atom is 0.410 e. The van der Waals surface area contributed by atoms with E-state index >= 15 is 0 Å². The summed E-state index contributed by atoms with van der Waals surface area (Å²) in [5.41, 5.74) is -0.193. The number of rotatable bonds is 1. The summed E-state index contributed by atoms with van der Waals surface area (Å²) in [6, 6.07) is 7.47. The van der Waals surface area contributed by atoms with Crippen molar-refractivity contribution in [2.24, 2.45) is 0 Å². The summed E-state index contributed by atoms with van der Waals surface area (Å²) in [5.74, 6) is -0.326. The van der Waals surface area contributed by atoms with Gasteiger partial charge in [-0.25, -0.2) is 9.59 Å². The van der Waals surface area contributed by atoms with Crippen LogP contribution in [0.2, 0.25) is 0 Å². The van der Waals surface area contributed by atoms with Crippen molar-refractivity contribution < 1.29 is 24.2 Å². The third-order valence-electron chi connectivity index (χ3n) is 4.70. The number of nitrogens with zero attached hydrogens (tertiary/aromatic N) is 1. The summed E-state index contributed by atoms with van der Waals surface area (Å²) < 4.78 is 11.1. The number of ether oxygens (including phenoxy) is 2. The number of carboxylic acids is 1. The second-order valence-corrected chi connectivity index (χ2v) is 7.46. The van der Waals surface area contributed by atoms with Crippen LogP contribution in [-0.2, 0) is 14.9 Å². The van der Waals surface area contributed by atoms with E-state index in [4.69, 9.17) is 9.47 Å². The van der Waals surface area contributed by atoms with E-state index in [2.05, 4.69) is 0 Å². The van der Waals surface area contributed by atoms with Gasteiger partial charge in [0.25, 0.3) is 0 Å². The first-order valence-electron chi connectivity index (χ1n) is 8.20. The van der Waals surface area contributed by atoms with Gasteiger partial charge in [0.2, 0.25) is 6.10 Å². The number of carbonyl (C=O) groups excluding carboxylic acids is 1. The molecule has 6 heteroatoms. The molecule has 1 N–H and O–H groups in total. The number of carboxylic acid groups (broad SMARTS) is 1. The van der Waals surface area contributed by atoms with Crippen molar-refractivity contribution in [1.29, 1.82) is 0 Å². The van der Waals surface area contributed by atoms with Gasteiger partial charge in [-0.05, 0) is 39.7 Å². The van der Waals surface area contributed by atoms with E-state index in [1.165, 1.54) is 0 Å². The fraction of sp³-hybridized carbons (Fsp3) is 0.556. The molecule has 6 nitrogen and oxygen atoms in total. The standard InChI is InChI=1S/C18H23NO5/c1-17(2,3)24-16(22)19-10-8-18(9-11-19)12-6-4-5-7-13(12)23-14(18)15(20)21/h4-7,14H,8-11H2,1-3H3,(H,20,21)/t14-/m0/s1. The van der Waals surface area contributed by atoms with Gasteiger partial charge in [-0.15, -0.1) is 0 Å². The third kappa shape index (κ3) is 2.81. The van der Waals surface area contributed by atoms with E-state index in [0.29, 0.717) is 31.7 Å². The van der Waals surface area contributed by atoms with Crippen molar-refractivity contribution in [3.8, 4) is 5.75 Å². The molecule has 1 saturated heterocycles. The van der Waals surface area contributed by atoms with Gasteiger partial charge in [-0.3, -0.25) is 0 Å². The smallest absolute Gasteiger partial charge is 0.410 e. The molecule has 1 amide bonds. The quantitative estimate of drug-likeness (QED) is 0.855. The fourth-order valence-corrected chi connectivity index (χ4v) is 3.59. The van der Waals surface area contributed by atoms with Crippen LogP contribution in [-0.4, -0.2) is 46.9 Å². The monoisotopic (exact) mass is 333 g/mol. The summed E-state index contributed by atoms with van der Waals surface area (Å²) in [6.07, 6.45) is -0.174. The predicted molar refractivity (Wildman–Crippen MR) is 87.2 cm³/mol.